The number of halogens is 4. The van der Waals surface area contributed by atoms with E-state index < -0.39 is 11.9 Å². The minimum atomic E-state index is -1.04. The second-order valence-electron chi connectivity index (χ2n) is 13.5. The molecule has 2 aliphatic heterocycles. The lowest BCUT2D eigenvalue weighted by Crippen LogP contribution is -1.96. The molecular formula is C46H26Cl4N4O4. The molecule has 4 N–H and O–H groups in total. The molecule has 3 aromatic heterocycles. The monoisotopic (exact) mass is 838 g/mol. The summed E-state index contributed by atoms with van der Waals surface area (Å²) < 4.78 is 0. The van der Waals surface area contributed by atoms with Crippen molar-refractivity contribution in [2.24, 2.45) is 0 Å². The summed E-state index contributed by atoms with van der Waals surface area (Å²) in [5, 5.41) is 21.0. The molecule has 0 saturated heterocycles. The number of aromatic nitrogens is 4. The van der Waals surface area contributed by atoms with Gasteiger partial charge in [0.15, 0.2) is 0 Å². The van der Waals surface area contributed by atoms with Gasteiger partial charge in [0.1, 0.15) is 0 Å². The number of rotatable bonds is 6. The summed E-state index contributed by atoms with van der Waals surface area (Å²) in [5.74, 6) is -2.09. The van der Waals surface area contributed by atoms with Gasteiger partial charge in [0.2, 0.25) is 0 Å². The van der Waals surface area contributed by atoms with Gasteiger partial charge < -0.3 is 20.2 Å². The summed E-state index contributed by atoms with van der Waals surface area (Å²) in [7, 11) is 0. The third-order valence-electron chi connectivity index (χ3n) is 10.0. The van der Waals surface area contributed by atoms with Gasteiger partial charge in [-0.15, -0.1) is 0 Å². The molecule has 5 heterocycles. The molecule has 282 valence electrons. The van der Waals surface area contributed by atoms with E-state index >= 15 is 0 Å². The molecule has 0 spiro atoms. The lowest BCUT2D eigenvalue weighted by Gasteiger charge is -2.10. The minimum absolute atomic E-state index is 0.139. The van der Waals surface area contributed by atoms with Crippen LogP contribution in [-0.4, -0.2) is 42.1 Å². The summed E-state index contributed by atoms with van der Waals surface area (Å²) in [6.07, 6.45) is 7.56. The first kappa shape index (κ1) is 37.2. The molecule has 0 unspecified atom stereocenters. The zero-order valence-corrected chi connectivity index (χ0v) is 32.8. The van der Waals surface area contributed by atoms with Crippen LogP contribution in [0.1, 0.15) is 43.5 Å². The van der Waals surface area contributed by atoms with Gasteiger partial charge in [0.25, 0.3) is 0 Å². The van der Waals surface area contributed by atoms with Crippen LogP contribution in [0, 0.1) is 0 Å². The Bertz CT molecular complexity index is 2870. The van der Waals surface area contributed by atoms with E-state index in [1.807, 2.05) is 48.6 Å². The molecule has 4 aromatic carbocycles. The van der Waals surface area contributed by atoms with E-state index in [1.54, 1.807) is 84.9 Å². The molecular weight excluding hydrogens is 814 g/mol. The first-order valence-electron chi connectivity index (χ1n) is 17.8. The minimum Gasteiger partial charge on any atom is -0.478 e. The van der Waals surface area contributed by atoms with Crippen molar-refractivity contribution in [3.63, 3.8) is 0 Å². The molecule has 0 aliphatic carbocycles. The Hall–Kier alpha value is -6.42. The molecule has 12 heteroatoms. The van der Waals surface area contributed by atoms with Crippen molar-refractivity contribution in [3.05, 3.63) is 163 Å². The largest absolute Gasteiger partial charge is 0.478 e. The molecule has 0 radical (unpaired) electrons. The highest BCUT2D eigenvalue weighted by atomic mass is 35.5. The van der Waals surface area contributed by atoms with Crippen LogP contribution in [0.15, 0.2) is 109 Å². The van der Waals surface area contributed by atoms with Crippen molar-refractivity contribution in [2.75, 3.05) is 0 Å². The number of carboxylic acids is 2. The summed E-state index contributed by atoms with van der Waals surface area (Å²) >= 11 is 27.7. The average molecular weight is 841 g/mol. The molecule has 9 rings (SSSR count). The first-order valence-corrected chi connectivity index (χ1v) is 19.3. The Morgan fingerprint density at radius 2 is 0.690 bits per heavy atom. The third kappa shape index (κ3) is 6.56. The number of hydrogen-bond donors (Lipinski definition) is 4. The number of carboxylic acid groups (broad SMARTS) is 2. The molecule has 7 aromatic rings. The molecule has 0 saturated carbocycles. The van der Waals surface area contributed by atoms with Crippen molar-refractivity contribution in [3.8, 4) is 44.5 Å². The maximum Gasteiger partial charge on any atom is 0.335 e. The summed E-state index contributed by atoms with van der Waals surface area (Å²) in [6, 6.07) is 31.5. The number of nitrogens with one attached hydrogen (secondary N) is 2. The van der Waals surface area contributed by atoms with Crippen LogP contribution in [0.4, 0.5) is 0 Å². The number of aromatic carboxylic acids is 2. The lowest BCUT2D eigenvalue weighted by atomic mass is 10.0. The SMILES string of the molecule is O=C(O)c1ccc(-c2c3nc(c(-c4c(Cl)cccc4Cl)c4ccc([nH]4)c(-c4c(Cl)cccc4Cl)c4nc(c(-c5ccc(C(=O)O)cc5)c5ccc2[nH]5)C=C4)C=C3)cc1. The smallest absolute Gasteiger partial charge is 0.335 e. The maximum atomic E-state index is 11.8. The molecule has 58 heavy (non-hydrogen) atoms. The van der Waals surface area contributed by atoms with E-state index in [-0.39, 0.29) is 11.1 Å². The highest BCUT2D eigenvalue weighted by Gasteiger charge is 2.22. The number of hydrogen-bond acceptors (Lipinski definition) is 4. The average Bonchev–Trinajstić information content (AvgIpc) is 4.05. The van der Waals surface area contributed by atoms with Crippen LogP contribution in [0.25, 0.3) is 90.9 Å². The van der Waals surface area contributed by atoms with Gasteiger partial charge in [0, 0.05) is 55.4 Å². The Balaban J connectivity index is 1.48. The van der Waals surface area contributed by atoms with Crippen LogP contribution in [-0.2, 0) is 0 Å². The summed E-state index contributed by atoms with van der Waals surface area (Å²) in [6.45, 7) is 0. The fourth-order valence-corrected chi connectivity index (χ4v) is 8.54. The third-order valence-corrected chi connectivity index (χ3v) is 11.3. The van der Waals surface area contributed by atoms with Gasteiger partial charge in [-0.25, -0.2) is 19.6 Å². The van der Waals surface area contributed by atoms with Crippen LogP contribution in [0.2, 0.25) is 20.1 Å². The molecule has 2 aliphatic rings. The van der Waals surface area contributed by atoms with Crippen molar-refractivity contribution >= 4 is 105 Å². The number of fused-ring (bicyclic) bond motifs is 8. The standard InChI is InChI=1S/C46H26Cl4N4O4/c47-27-3-1-4-28(48)41(27)43-35-19-17-33(52-35)39(23-7-11-25(12-8-23)45(55)56)31-15-16-32(51-31)40(24-9-13-26(14-10-24)46(57)58)34-18-20-36(53-34)44(38-22-21-37(43)54-38)42-29(49)5-2-6-30(42)50/h1-22,51,54H,(H,55,56)(H,57,58). The second-order valence-corrected chi connectivity index (χ2v) is 15.1. The molecule has 0 fully saturated rings. The molecule has 0 amide bonds. The normalized spacial score (nSPS) is 11.9. The lowest BCUT2D eigenvalue weighted by molar-refractivity contribution is 0.0686. The maximum absolute atomic E-state index is 11.8. The fourth-order valence-electron chi connectivity index (χ4n) is 7.37. The van der Waals surface area contributed by atoms with E-state index in [0.717, 1.165) is 0 Å². The van der Waals surface area contributed by atoms with Gasteiger partial charge in [-0.1, -0.05) is 82.8 Å². The van der Waals surface area contributed by atoms with Gasteiger partial charge >= 0.3 is 11.9 Å². The molecule has 8 nitrogen and oxygen atoms in total. The van der Waals surface area contributed by atoms with Crippen LogP contribution in [0.5, 0.6) is 0 Å². The molecule has 0 atom stereocenters. The zero-order chi connectivity index (χ0) is 40.2. The van der Waals surface area contributed by atoms with E-state index in [9.17, 15) is 19.8 Å². The number of carbonyl (C=O) groups is 2. The summed E-state index contributed by atoms with van der Waals surface area (Å²) in [5.41, 5.74) is 10.4. The Morgan fingerprint density at radius 1 is 0.397 bits per heavy atom. The van der Waals surface area contributed by atoms with E-state index in [4.69, 9.17) is 56.4 Å². The van der Waals surface area contributed by atoms with E-state index in [1.165, 1.54) is 0 Å². The van der Waals surface area contributed by atoms with Gasteiger partial charge in [-0.2, -0.15) is 0 Å². The predicted molar refractivity (Wildman–Crippen MR) is 235 cm³/mol. The van der Waals surface area contributed by atoms with Crippen LogP contribution >= 0.6 is 46.4 Å². The van der Waals surface area contributed by atoms with Crippen molar-refractivity contribution < 1.29 is 19.8 Å². The Kier molecular flexibility index (Phi) is 9.50. The van der Waals surface area contributed by atoms with E-state index in [0.29, 0.717) is 109 Å². The topological polar surface area (TPSA) is 132 Å². The summed E-state index contributed by atoms with van der Waals surface area (Å²) in [4.78, 5) is 41.3. The highest BCUT2D eigenvalue weighted by molar-refractivity contribution is 6.40. The quantitative estimate of drug-likeness (QED) is 0.132. The molecule has 8 bridgehead atoms. The number of nitrogens with zero attached hydrogens (tertiary/aromatic N) is 2. The fraction of sp³-hybridized carbons (Fsp3) is 0. The Labute approximate surface area is 350 Å². The second kappa shape index (κ2) is 14.8. The number of aromatic amines is 2. The van der Waals surface area contributed by atoms with Crippen molar-refractivity contribution in [1.29, 1.82) is 0 Å². The number of benzene rings is 4. The Morgan fingerprint density at radius 3 is 1.00 bits per heavy atom. The van der Waals surface area contributed by atoms with Crippen molar-refractivity contribution in [1.82, 2.24) is 19.9 Å². The van der Waals surface area contributed by atoms with Crippen molar-refractivity contribution in [2.45, 2.75) is 0 Å². The van der Waals surface area contributed by atoms with E-state index in [2.05, 4.69) is 9.97 Å². The zero-order valence-electron chi connectivity index (χ0n) is 29.8. The first-order chi connectivity index (χ1) is 28.0. The van der Waals surface area contributed by atoms with Gasteiger partial charge in [0.05, 0.1) is 54.0 Å². The van der Waals surface area contributed by atoms with Gasteiger partial charge in [-0.05, 0) is 108 Å². The van der Waals surface area contributed by atoms with Gasteiger partial charge in [-0.3, -0.25) is 0 Å². The predicted octanol–water partition coefficient (Wildman–Crippen LogP) is 13.3. The highest BCUT2D eigenvalue weighted by Crippen LogP contribution is 2.44. The van der Waals surface area contributed by atoms with Crippen LogP contribution < -0.4 is 0 Å². The number of H-pyrrole nitrogens is 2. The van der Waals surface area contributed by atoms with Crippen LogP contribution in [0.3, 0.4) is 0 Å².